The Morgan fingerprint density at radius 1 is 1.32 bits per heavy atom. The lowest BCUT2D eigenvalue weighted by atomic mass is 9.77. The molecule has 3 unspecified atom stereocenters. The van der Waals surface area contributed by atoms with Gasteiger partial charge in [0.05, 0.1) is 19.6 Å². The molecule has 1 aliphatic carbocycles. The molecule has 2 aliphatic rings. The molecule has 0 N–H and O–H groups in total. The van der Waals surface area contributed by atoms with Gasteiger partial charge < -0.3 is 14.4 Å². The van der Waals surface area contributed by atoms with Crippen LogP contribution in [0.25, 0.3) is 0 Å². The van der Waals surface area contributed by atoms with Crippen molar-refractivity contribution >= 4 is 12.1 Å². The minimum atomic E-state index is -1.30. The number of alkyl halides is 1. The fraction of sp³-hybridized carbons (Fsp3) is 0.625. The number of esters is 1. The van der Waals surface area contributed by atoms with Crippen molar-refractivity contribution < 1.29 is 23.5 Å². The molecule has 1 aliphatic heterocycles. The van der Waals surface area contributed by atoms with Gasteiger partial charge >= 0.3 is 12.1 Å². The van der Waals surface area contributed by atoms with E-state index < -0.39 is 35.7 Å². The molecule has 0 radical (unpaired) electrons. The van der Waals surface area contributed by atoms with Gasteiger partial charge in [0.1, 0.15) is 11.8 Å². The second-order valence-corrected chi connectivity index (χ2v) is 6.56. The lowest BCUT2D eigenvalue weighted by molar-refractivity contribution is -0.145. The lowest BCUT2D eigenvalue weighted by Gasteiger charge is -2.40. The number of carbonyl (C=O) groups excluding carboxylic acids is 2. The van der Waals surface area contributed by atoms with Gasteiger partial charge in [0, 0.05) is 12.5 Å². The van der Waals surface area contributed by atoms with Gasteiger partial charge in [-0.3, -0.25) is 4.79 Å². The van der Waals surface area contributed by atoms with E-state index in [4.69, 9.17) is 9.47 Å². The SMILES string of the molecule is COC(=O)C1C=CC=C2C(F)CN(C(=O)OC(C)(C)C)CC21. The first kappa shape index (κ1) is 16.5. The van der Waals surface area contributed by atoms with Crippen molar-refractivity contribution in [1.29, 1.82) is 0 Å². The summed E-state index contributed by atoms with van der Waals surface area (Å²) in [6.07, 6.45) is 3.17. The summed E-state index contributed by atoms with van der Waals surface area (Å²) in [4.78, 5) is 25.4. The quantitative estimate of drug-likeness (QED) is 0.698. The minimum Gasteiger partial charge on any atom is -0.469 e. The van der Waals surface area contributed by atoms with E-state index in [0.717, 1.165) is 0 Å². The van der Waals surface area contributed by atoms with Crippen molar-refractivity contribution in [1.82, 2.24) is 4.90 Å². The van der Waals surface area contributed by atoms with Crippen LogP contribution in [0.1, 0.15) is 20.8 Å². The van der Waals surface area contributed by atoms with Crippen LogP contribution in [-0.2, 0) is 14.3 Å². The van der Waals surface area contributed by atoms with Crippen LogP contribution in [0.4, 0.5) is 9.18 Å². The van der Waals surface area contributed by atoms with Crippen LogP contribution < -0.4 is 0 Å². The van der Waals surface area contributed by atoms with Crippen LogP contribution in [0.15, 0.2) is 23.8 Å². The minimum absolute atomic E-state index is 0.0566. The van der Waals surface area contributed by atoms with E-state index in [0.29, 0.717) is 5.57 Å². The van der Waals surface area contributed by atoms with Crippen LogP contribution in [0.2, 0.25) is 0 Å². The second-order valence-electron chi connectivity index (χ2n) is 6.56. The highest BCUT2D eigenvalue weighted by Crippen LogP contribution is 2.35. The van der Waals surface area contributed by atoms with Crippen molar-refractivity contribution in [2.24, 2.45) is 11.8 Å². The Morgan fingerprint density at radius 2 is 2.00 bits per heavy atom. The van der Waals surface area contributed by atoms with E-state index in [1.807, 2.05) is 0 Å². The monoisotopic (exact) mass is 311 g/mol. The molecule has 0 aromatic carbocycles. The first-order chi connectivity index (χ1) is 10.2. The number of fused-ring (bicyclic) bond motifs is 1. The van der Waals surface area contributed by atoms with E-state index >= 15 is 0 Å². The van der Waals surface area contributed by atoms with E-state index in [-0.39, 0.29) is 13.1 Å². The number of hydrogen-bond donors (Lipinski definition) is 0. The molecule has 0 bridgehead atoms. The molecule has 0 saturated carbocycles. The van der Waals surface area contributed by atoms with Gasteiger partial charge in [-0.2, -0.15) is 0 Å². The zero-order valence-electron chi connectivity index (χ0n) is 13.3. The number of methoxy groups -OCH3 is 1. The Kier molecular flexibility index (Phi) is 4.58. The summed E-state index contributed by atoms with van der Waals surface area (Å²) in [5.41, 5.74) is -0.106. The number of piperidine rings is 1. The molecule has 2 rings (SSSR count). The molecular weight excluding hydrogens is 289 g/mol. The molecule has 0 aromatic heterocycles. The summed E-state index contributed by atoms with van der Waals surface area (Å²) in [5, 5.41) is 0. The van der Waals surface area contributed by atoms with E-state index in [2.05, 4.69) is 0 Å². The van der Waals surface area contributed by atoms with Gasteiger partial charge in [0.25, 0.3) is 0 Å². The molecule has 0 aromatic rings. The molecule has 6 heteroatoms. The number of likely N-dealkylation sites (tertiary alicyclic amines) is 1. The predicted molar refractivity (Wildman–Crippen MR) is 78.9 cm³/mol. The summed E-state index contributed by atoms with van der Waals surface area (Å²) in [6, 6.07) is 0. The summed E-state index contributed by atoms with van der Waals surface area (Å²) in [6.45, 7) is 5.46. The van der Waals surface area contributed by atoms with Crippen molar-refractivity contribution in [3.8, 4) is 0 Å². The molecule has 122 valence electrons. The van der Waals surface area contributed by atoms with Crippen molar-refractivity contribution in [2.75, 3.05) is 20.2 Å². The molecule has 3 atom stereocenters. The lowest BCUT2D eigenvalue weighted by Crippen LogP contribution is -2.51. The Bertz CT molecular complexity index is 521. The van der Waals surface area contributed by atoms with Crippen molar-refractivity contribution in [2.45, 2.75) is 32.5 Å². The number of ether oxygens (including phenoxy) is 2. The largest absolute Gasteiger partial charge is 0.469 e. The number of halogens is 1. The predicted octanol–water partition coefficient (Wildman–Crippen LogP) is 2.48. The van der Waals surface area contributed by atoms with Crippen molar-refractivity contribution in [3.63, 3.8) is 0 Å². The zero-order valence-corrected chi connectivity index (χ0v) is 13.3. The Balaban J connectivity index is 2.17. The van der Waals surface area contributed by atoms with Crippen LogP contribution in [0.3, 0.4) is 0 Å². The van der Waals surface area contributed by atoms with Gasteiger partial charge in [-0.25, -0.2) is 9.18 Å². The summed E-state index contributed by atoms with van der Waals surface area (Å²) in [5.74, 6) is -1.41. The molecule has 0 spiro atoms. The first-order valence-electron chi connectivity index (χ1n) is 7.31. The molecule has 1 saturated heterocycles. The first-order valence-corrected chi connectivity index (χ1v) is 7.31. The van der Waals surface area contributed by atoms with Gasteiger partial charge in [0.2, 0.25) is 0 Å². The number of hydrogen-bond acceptors (Lipinski definition) is 4. The van der Waals surface area contributed by atoms with E-state index in [1.165, 1.54) is 12.0 Å². The van der Waals surface area contributed by atoms with Gasteiger partial charge in [-0.1, -0.05) is 18.2 Å². The van der Waals surface area contributed by atoms with E-state index in [9.17, 15) is 14.0 Å². The third-order valence-electron chi connectivity index (χ3n) is 3.75. The van der Waals surface area contributed by atoms with Crippen molar-refractivity contribution in [3.05, 3.63) is 23.8 Å². The molecule has 22 heavy (non-hydrogen) atoms. The highest BCUT2D eigenvalue weighted by atomic mass is 19.1. The maximum absolute atomic E-state index is 14.4. The highest BCUT2D eigenvalue weighted by Gasteiger charge is 2.42. The zero-order chi connectivity index (χ0) is 16.5. The molecular formula is C16H22FNO4. The third-order valence-corrected chi connectivity index (χ3v) is 3.75. The average Bonchev–Trinajstić information content (AvgIpc) is 2.44. The van der Waals surface area contributed by atoms with E-state index in [1.54, 1.807) is 39.0 Å². The van der Waals surface area contributed by atoms with Gasteiger partial charge in [0.15, 0.2) is 0 Å². The Morgan fingerprint density at radius 3 is 2.59 bits per heavy atom. The van der Waals surface area contributed by atoms with Crippen LogP contribution in [0, 0.1) is 11.8 Å². The molecule has 1 amide bonds. The maximum Gasteiger partial charge on any atom is 0.410 e. The number of rotatable bonds is 1. The Hall–Kier alpha value is -1.85. The number of nitrogens with zero attached hydrogens (tertiary/aromatic N) is 1. The fourth-order valence-electron chi connectivity index (χ4n) is 2.77. The maximum atomic E-state index is 14.4. The third kappa shape index (κ3) is 3.48. The number of carbonyl (C=O) groups is 2. The summed E-state index contributed by atoms with van der Waals surface area (Å²) >= 11 is 0. The molecule has 5 nitrogen and oxygen atoms in total. The standard InChI is InChI=1S/C16H22FNO4/c1-16(2,3)22-15(20)18-8-12-10(13(17)9-18)6-5-7-11(12)14(19)21-4/h5-7,11-13H,8-9H2,1-4H3. The molecule has 1 heterocycles. The van der Waals surface area contributed by atoms with Gasteiger partial charge in [-0.05, 0) is 26.3 Å². The van der Waals surface area contributed by atoms with Gasteiger partial charge in [-0.15, -0.1) is 0 Å². The Labute approximate surface area is 129 Å². The second kappa shape index (κ2) is 6.10. The topological polar surface area (TPSA) is 55.8 Å². The fourth-order valence-corrected chi connectivity index (χ4v) is 2.77. The molecule has 1 fully saturated rings. The van der Waals surface area contributed by atoms with Crippen LogP contribution in [-0.4, -0.2) is 48.9 Å². The highest BCUT2D eigenvalue weighted by molar-refractivity contribution is 5.76. The summed E-state index contributed by atoms with van der Waals surface area (Å²) in [7, 11) is 1.30. The van der Waals surface area contributed by atoms with Crippen LogP contribution >= 0.6 is 0 Å². The summed E-state index contributed by atoms with van der Waals surface area (Å²) < 4.78 is 24.5. The van der Waals surface area contributed by atoms with Crippen LogP contribution in [0.5, 0.6) is 0 Å². The number of allylic oxidation sites excluding steroid dienone is 2. The average molecular weight is 311 g/mol. The normalized spacial score (nSPS) is 27.8. The smallest absolute Gasteiger partial charge is 0.410 e. The number of amides is 1.